The van der Waals surface area contributed by atoms with Crippen LogP contribution in [-0.4, -0.2) is 23.2 Å². The Hall–Kier alpha value is -2.23. The van der Waals surface area contributed by atoms with Crippen LogP contribution in [-0.2, 0) is 0 Å². The van der Waals surface area contributed by atoms with Crippen LogP contribution in [0, 0.1) is 6.92 Å². The first kappa shape index (κ1) is 12.2. The zero-order valence-electron chi connectivity index (χ0n) is 10.7. The molecule has 1 heterocycles. The standard InChI is InChI=1S/C14H17N3O/c1-4-9-15-14-16-11(2)10-17(14)12-7-5-6-8-13(12)18-3/h4-8,10H,1,9H2,2-3H3,(H,15,16). The molecule has 4 heteroatoms. The number of aryl methyl sites for hydroxylation is 1. The minimum absolute atomic E-state index is 0.672. The molecule has 2 aromatic rings. The summed E-state index contributed by atoms with van der Waals surface area (Å²) in [7, 11) is 1.67. The molecule has 2 rings (SSSR count). The zero-order valence-corrected chi connectivity index (χ0v) is 10.7. The second kappa shape index (κ2) is 5.40. The van der Waals surface area contributed by atoms with Crippen molar-refractivity contribution < 1.29 is 4.74 Å². The van der Waals surface area contributed by atoms with Crippen LogP contribution in [0.15, 0.2) is 43.1 Å². The van der Waals surface area contributed by atoms with Gasteiger partial charge in [-0.25, -0.2) is 4.98 Å². The van der Waals surface area contributed by atoms with Gasteiger partial charge in [-0.3, -0.25) is 4.57 Å². The predicted molar refractivity (Wildman–Crippen MR) is 73.5 cm³/mol. The molecule has 1 N–H and O–H groups in total. The van der Waals surface area contributed by atoms with Crippen molar-refractivity contribution in [2.45, 2.75) is 6.92 Å². The molecule has 0 saturated heterocycles. The second-order valence-corrected chi connectivity index (χ2v) is 3.92. The lowest BCUT2D eigenvalue weighted by Crippen LogP contribution is -2.06. The topological polar surface area (TPSA) is 39.1 Å². The van der Waals surface area contributed by atoms with E-state index in [9.17, 15) is 0 Å². The van der Waals surface area contributed by atoms with E-state index in [1.54, 1.807) is 13.2 Å². The summed E-state index contributed by atoms with van der Waals surface area (Å²) in [5.41, 5.74) is 1.92. The first-order valence-corrected chi connectivity index (χ1v) is 5.80. The fourth-order valence-corrected chi connectivity index (χ4v) is 1.80. The summed E-state index contributed by atoms with van der Waals surface area (Å²) < 4.78 is 7.36. The van der Waals surface area contributed by atoms with Crippen LogP contribution in [0.3, 0.4) is 0 Å². The van der Waals surface area contributed by atoms with E-state index in [1.807, 2.05) is 42.0 Å². The van der Waals surface area contributed by atoms with E-state index in [1.165, 1.54) is 0 Å². The molecular weight excluding hydrogens is 226 g/mol. The van der Waals surface area contributed by atoms with Crippen LogP contribution in [0.5, 0.6) is 5.75 Å². The van der Waals surface area contributed by atoms with Gasteiger partial charge in [-0.15, -0.1) is 6.58 Å². The summed E-state index contributed by atoms with van der Waals surface area (Å²) >= 11 is 0. The van der Waals surface area contributed by atoms with Gasteiger partial charge in [0.05, 0.1) is 18.5 Å². The lowest BCUT2D eigenvalue weighted by molar-refractivity contribution is 0.413. The molecule has 0 spiro atoms. The Labute approximate surface area is 107 Å². The van der Waals surface area contributed by atoms with Crippen molar-refractivity contribution in [3.05, 3.63) is 48.8 Å². The third-order valence-electron chi connectivity index (χ3n) is 2.58. The van der Waals surface area contributed by atoms with Gasteiger partial charge >= 0.3 is 0 Å². The molecule has 4 nitrogen and oxygen atoms in total. The smallest absolute Gasteiger partial charge is 0.208 e. The number of nitrogens with zero attached hydrogens (tertiary/aromatic N) is 2. The first-order valence-electron chi connectivity index (χ1n) is 5.80. The molecule has 0 aliphatic rings. The number of rotatable bonds is 5. The van der Waals surface area contributed by atoms with E-state index in [-0.39, 0.29) is 0 Å². The van der Waals surface area contributed by atoms with Gasteiger partial charge in [0.15, 0.2) is 0 Å². The van der Waals surface area contributed by atoms with E-state index in [0.717, 1.165) is 23.1 Å². The maximum absolute atomic E-state index is 5.37. The van der Waals surface area contributed by atoms with Crippen LogP contribution >= 0.6 is 0 Å². The van der Waals surface area contributed by atoms with E-state index in [0.29, 0.717) is 6.54 Å². The lowest BCUT2D eigenvalue weighted by Gasteiger charge is -2.12. The van der Waals surface area contributed by atoms with Crippen LogP contribution < -0.4 is 10.1 Å². The molecule has 0 fully saturated rings. The van der Waals surface area contributed by atoms with Gasteiger partial charge in [0.2, 0.25) is 5.95 Å². The minimum Gasteiger partial charge on any atom is -0.495 e. The number of imidazole rings is 1. The molecule has 0 bridgehead atoms. The van der Waals surface area contributed by atoms with Gasteiger partial charge in [-0.1, -0.05) is 18.2 Å². The fourth-order valence-electron chi connectivity index (χ4n) is 1.80. The Kier molecular flexibility index (Phi) is 3.67. The summed E-state index contributed by atoms with van der Waals surface area (Å²) in [6.45, 7) is 6.33. The van der Waals surface area contributed by atoms with Gasteiger partial charge in [0.25, 0.3) is 0 Å². The normalized spacial score (nSPS) is 10.1. The van der Waals surface area contributed by atoms with Crippen molar-refractivity contribution in [3.8, 4) is 11.4 Å². The van der Waals surface area contributed by atoms with Crippen LogP contribution in [0.2, 0.25) is 0 Å². The second-order valence-electron chi connectivity index (χ2n) is 3.92. The van der Waals surface area contributed by atoms with Crippen molar-refractivity contribution in [1.29, 1.82) is 0 Å². The molecule has 0 unspecified atom stereocenters. The van der Waals surface area contributed by atoms with Crippen molar-refractivity contribution in [2.75, 3.05) is 19.0 Å². The highest BCUT2D eigenvalue weighted by molar-refractivity contribution is 5.52. The molecule has 18 heavy (non-hydrogen) atoms. The van der Waals surface area contributed by atoms with Gasteiger partial charge < -0.3 is 10.1 Å². The maximum Gasteiger partial charge on any atom is 0.208 e. The maximum atomic E-state index is 5.37. The molecule has 1 aromatic heterocycles. The summed E-state index contributed by atoms with van der Waals surface area (Å²) in [6, 6.07) is 7.86. The molecular formula is C14H17N3O. The fraction of sp³-hybridized carbons (Fsp3) is 0.214. The zero-order chi connectivity index (χ0) is 13.0. The average molecular weight is 243 g/mol. The molecule has 0 radical (unpaired) electrons. The van der Waals surface area contributed by atoms with Crippen molar-refractivity contribution in [3.63, 3.8) is 0 Å². The molecule has 0 aliphatic carbocycles. The SMILES string of the molecule is C=CCNc1nc(C)cn1-c1ccccc1OC. The third kappa shape index (κ3) is 2.37. The Morgan fingerprint density at radius 3 is 2.94 bits per heavy atom. The highest BCUT2D eigenvalue weighted by Crippen LogP contribution is 2.25. The molecule has 0 aliphatic heterocycles. The predicted octanol–water partition coefficient (Wildman–Crippen LogP) is 2.79. The van der Waals surface area contributed by atoms with Crippen LogP contribution in [0.4, 0.5) is 5.95 Å². The van der Waals surface area contributed by atoms with Gasteiger partial charge in [0, 0.05) is 12.7 Å². The lowest BCUT2D eigenvalue weighted by atomic mass is 10.3. The number of methoxy groups -OCH3 is 1. The minimum atomic E-state index is 0.672. The summed E-state index contributed by atoms with van der Waals surface area (Å²) in [5.74, 6) is 1.61. The Morgan fingerprint density at radius 1 is 1.44 bits per heavy atom. The quantitative estimate of drug-likeness (QED) is 0.821. The van der Waals surface area contributed by atoms with Gasteiger partial charge in [0.1, 0.15) is 5.75 Å². The Balaban J connectivity index is 2.45. The molecule has 0 saturated carbocycles. The van der Waals surface area contributed by atoms with Crippen LogP contribution in [0.1, 0.15) is 5.69 Å². The summed E-state index contributed by atoms with van der Waals surface area (Å²) in [6.07, 6.45) is 3.78. The van der Waals surface area contributed by atoms with E-state index < -0.39 is 0 Å². The number of nitrogens with one attached hydrogen (secondary N) is 1. The Morgan fingerprint density at radius 2 is 2.22 bits per heavy atom. The highest BCUT2D eigenvalue weighted by Gasteiger charge is 2.10. The average Bonchev–Trinajstić information content (AvgIpc) is 2.77. The molecule has 1 aromatic carbocycles. The molecule has 94 valence electrons. The number of hydrogen-bond acceptors (Lipinski definition) is 3. The summed E-state index contributed by atoms with van der Waals surface area (Å²) in [5, 5.41) is 3.21. The molecule has 0 amide bonds. The molecule has 0 atom stereocenters. The van der Waals surface area contributed by atoms with E-state index in [4.69, 9.17) is 4.74 Å². The number of anilines is 1. The number of hydrogen-bond donors (Lipinski definition) is 1. The Bertz CT molecular complexity index is 546. The number of para-hydroxylation sites is 2. The number of benzene rings is 1. The largest absolute Gasteiger partial charge is 0.495 e. The monoisotopic (exact) mass is 243 g/mol. The highest BCUT2D eigenvalue weighted by atomic mass is 16.5. The first-order chi connectivity index (χ1) is 8.76. The van der Waals surface area contributed by atoms with Gasteiger partial charge in [-0.2, -0.15) is 0 Å². The summed E-state index contributed by atoms with van der Waals surface area (Å²) in [4.78, 5) is 4.45. The third-order valence-corrected chi connectivity index (χ3v) is 2.58. The van der Waals surface area contributed by atoms with Crippen molar-refractivity contribution in [1.82, 2.24) is 9.55 Å². The van der Waals surface area contributed by atoms with E-state index in [2.05, 4.69) is 16.9 Å². The number of aromatic nitrogens is 2. The van der Waals surface area contributed by atoms with E-state index >= 15 is 0 Å². The van der Waals surface area contributed by atoms with Crippen LogP contribution in [0.25, 0.3) is 5.69 Å². The van der Waals surface area contributed by atoms with Crippen molar-refractivity contribution >= 4 is 5.95 Å². The number of ether oxygens (including phenoxy) is 1. The van der Waals surface area contributed by atoms with Gasteiger partial charge in [-0.05, 0) is 19.1 Å². The van der Waals surface area contributed by atoms with Crippen molar-refractivity contribution in [2.24, 2.45) is 0 Å².